The Morgan fingerprint density at radius 2 is 2.00 bits per heavy atom. The number of piperidine rings is 1. The molecule has 2 N–H and O–H groups in total. The number of benzene rings is 1. The van der Waals surface area contributed by atoms with Crippen LogP contribution in [0.2, 0.25) is 0 Å². The molecule has 3 rings (SSSR count). The third-order valence-corrected chi connectivity index (χ3v) is 4.23. The summed E-state index contributed by atoms with van der Waals surface area (Å²) in [6.07, 6.45) is 1.32. The maximum absolute atomic E-state index is 12.7. The molecule has 1 aliphatic rings. The predicted octanol–water partition coefficient (Wildman–Crippen LogP) is 2.44. The van der Waals surface area contributed by atoms with Crippen LogP contribution in [0.15, 0.2) is 22.6 Å². The van der Waals surface area contributed by atoms with E-state index in [1.54, 1.807) is 12.0 Å². The first-order chi connectivity index (χ1) is 11.0. The lowest BCUT2D eigenvalue weighted by molar-refractivity contribution is -0.140. The van der Waals surface area contributed by atoms with Crippen LogP contribution in [0.1, 0.15) is 12.8 Å². The molecule has 2 heterocycles. The summed E-state index contributed by atoms with van der Waals surface area (Å²) in [5.74, 6) is -0.114. The first-order valence-electron chi connectivity index (χ1n) is 7.69. The highest BCUT2D eigenvalue weighted by Crippen LogP contribution is 2.27. The summed E-state index contributed by atoms with van der Waals surface area (Å²) in [6.45, 7) is 1.55. The Morgan fingerprint density at radius 3 is 2.60 bits per heavy atom. The van der Waals surface area contributed by atoms with Gasteiger partial charge in [-0.15, -0.1) is 24.8 Å². The van der Waals surface area contributed by atoms with Crippen molar-refractivity contribution in [1.82, 2.24) is 10.3 Å². The molecule has 0 bridgehead atoms. The molecule has 1 fully saturated rings. The van der Waals surface area contributed by atoms with Gasteiger partial charge in [-0.05, 0) is 44.1 Å². The smallest absolute Gasteiger partial charge is 0.297 e. The number of carbonyl (C=O) groups is 1. The van der Waals surface area contributed by atoms with Crippen molar-refractivity contribution in [2.24, 2.45) is 0 Å². The molecule has 0 saturated carbocycles. The number of aromatic nitrogens is 1. The highest BCUT2D eigenvalue weighted by Gasteiger charge is 2.39. The number of hydrogen-bond acceptors (Lipinski definition) is 6. The van der Waals surface area contributed by atoms with Crippen LogP contribution in [0.5, 0.6) is 0 Å². The highest BCUT2D eigenvalue weighted by molar-refractivity contribution is 5.98. The lowest BCUT2D eigenvalue weighted by Gasteiger charge is -2.34. The Balaban J connectivity index is 0.00000156. The molecule has 1 aromatic carbocycles. The molecule has 7 nitrogen and oxygen atoms in total. The number of amides is 1. The third-order valence-electron chi connectivity index (χ3n) is 4.23. The minimum absolute atomic E-state index is 0. The molecule has 0 aliphatic carbocycles. The normalized spacial score (nSPS) is 15.8. The maximum Gasteiger partial charge on any atom is 0.297 e. The average Bonchev–Trinajstić information content (AvgIpc) is 2.99. The topological polar surface area (TPSA) is 79.6 Å². The molecule has 0 unspecified atom stereocenters. The van der Waals surface area contributed by atoms with E-state index in [-0.39, 0.29) is 30.7 Å². The quantitative estimate of drug-likeness (QED) is 0.834. The summed E-state index contributed by atoms with van der Waals surface area (Å²) in [5, 5.41) is 6.19. The molecule has 25 heavy (non-hydrogen) atoms. The maximum atomic E-state index is 12.7. The monoisotopic (exact) mass is 390 g/mol. The zero-order chi connectivity index (χ0) is 16.4. The molecule has 1 saturated heterocycles. The van der Waals surface area contributed by atoms with Crippen molar-refractivity contribution in [1.29, 1.82) is 0 Å². The lowest BCUT2D eigenvalue weighted by Crippen LogP contribution is -2.51. The van der Waals surface area contributed by atoms with E-state index in [0.29, 0.717) is 35.6 Å². The number of anilines is 2. The van der Waals surface area contributed by atoms with Crippen molar-refractivity contribution in [3.8, 4) is 0 Å². The van der Waals surface area contributed by atoms with Crippen LogP contribution in [0.3, 0.4) is 0 Å². The van der Waals surface area contributed by atoms with Crippen LogP contribution >= 0.6 is 24.8 Å². The summed E-state index contributed by atoms with van der Waals surface area (Å²) < 4.78 is 11.2. The zero-order valence-electron chi connectivity index (χ0n) is 14.5. The fourth-order valence-corrected chi connectivity index (χ4v) is 2.78. The standard InChI is InChI=1S/C16H22N4O3.2ClH/c1-20(2)15-19-12-10-11(4-5-13(12)23-15)18-14(21)16(22-3)6-8-17-9-7-16;;/h4-5,10,17H,6-9H2,1-3H3,(H,18,21);2*1H. The van der Waals surface area contributed by atoms with E-state index < -0.39 is 5.60 Å². The molecule has 1 amide bonds. The fraction of sp³-hybridized carbons (Fsp3) is 0.500. The third kappa shape index (κ3) is 4.36. The van der Waals surface area contributed by atoms with Gasteiger partial charge in [0, 0.05) is 26.9 Å². The second kappa shape index (κ2) is 8.71. The summed E-state index contributed by atoms with van der Waals surface area (Å²) >= 11 is 0. The number of nitrogens with zero attached hydrogens (tertiary/aromatic N) is 2. The van der Waals surface area contributed by atoms with Gasteiger partial charge < -0.3 is 24.7 Å². The van der Waals surface area contributed by atoms with E-state index in [2.05, 4.69) is 15.6 Å². The number of fused-ring (bicyclic) bond motifs is 1. The fourth-order valence-electron chi connectivity index (χ4n) is 2.78. The van der Waals surface area contributed by atoms with Gasteiger partial charge in [0.15, 0.2) is 5.58 Å². The van der Waals surface area contributed by atoms with Crippen molar-refractivity contribution in [3.05, 3.63) is 18.2 Å². The summed E-state index contributed by atoms with van der Waals surface area (Å²) in [6, 6.07) is 5.98. The molecule has 2 aromatic rings. The number of hydrogen-bond donors (Lipinski definition) is 2. The zero-order valence-corrected chi connectivity index (χ0v) is 16.1. The minimum Gasteiger partial charge on any atom is -0.423 e. The number of ether oxygens (including phenoxy) is 1. The Bertz CT molecular complexity index is 714. The van der Waals surface area contributed by atoms with E-state index in [1.807, 2.05) is 32.3 Å². The van der Waals surface area contributed by atoms with Crippen molar-refractivity contribution in [2.45, 2.75) is 18.4 Å². The molecular formula is C16H24Cl2N4O3. The van der Waals surface area contributed by atoms with Crippen molar-refractivity contribution in [2.75, 3.05) is 44.5 Å². The van der Waals surface area contributed by atoms with Gasteiger partial charge in [0.25, 0.3) is 11.9 Å². The highest BCUT2D eigenvalue weighted by atomic mass is 35.5. The molecule has 0 spiro atoms. The van der Waals surface area contributed by atoms with Gasteiger partial charge in [-0.3, -0.25) is 4.79 Å². The molecule has 1 aliphatic heterocycles. The Labute approximate surface area is 159 Å². The Hall–Kier alpha value is -1.54. The lowest BCUT2D eigenvalue weighted by atomic mass is 9.91. The molecule has 0 atom stereocenters. The largest absolute Gasteiger partial charge is 0.423 e. The van der Waals surface area contributed by atoms with Crippen molar-refractivity contribution in [3.63, 3.8) is 0 Å². The van der Waals surface area contributed by atoms with Crippen molar-refractivity contribution >= 4 is 53.5 Å². The predicted molar refractivity (Wildman–Crippen MR) is 103 cm³/mol. The van der Waals surface area contributed by atoms with Crippen LogP contribution in [-0.4, -0.2) is 50.8 Å². The number of nitrogens with one attached hydrogen (secondary N) is 2. The van der Waals surface area contributed by atoms with Gasteiger partial charge >= 0.3 is 0 Å². The van der Waals surface area contributed by atoms with Gasteiger partial charge in [0.1, 0.15) is 11.1 Å². The number of carbonyl (C=O) groups excluding carboxylic acids is 1. The number of methoxy groups -OCH3 is 1. The van der Waals surface area contributed by atoms with E-state index in [1.165, 1.54) is 0 Å². The van der Waals surface area contributed by atoms with Crippen LogP contribution in [0, 0.1) is 0 Å². The first-order valence-corrected chi connectivity index (χ1v) is 7.69. The summed E-state index contributed by atoms with van der Waals surface area (Å²) in [5.41, 5.74) is 1.33. The number of oxazole rings is 1. The van der Waals surface area contributed by atoms with Crippen LogP contribution in [0.25, 0.3) is 11.1 Å². The minimum atomic E-state index is -0.765. The summed E-state index contributed by atoms with van der Waals surface area (Å²) in [4.78, 5) is 18.8. The van der Waals surface area contributed by atoms with Gasteiger partial charge in [0.2, 0.25) is 0 Å². The average molecular weight is 391 g/mol. The van der Waals surface area contributed by atoms with Crippen molar-refractivity contribution < 1.29 is 13.9 Å². The van der Waals surface area contributed by atoms with E-state index in [9.17, 15) is 4.79 Å². The summed E-state index contributed by atoms with van der Waals surface area (Å²) in [7, 11) is 5.33. The van der Waals surface area contributed by atoms with Gasteiger partial charge in [-0.25, -0.2) is 0 Å². The first kappa shape index (κ1) is 21.5. The molecule has 1 aromatic heterocycles. The van der Waals surface area contributed by atoms with E-state index >= 15 is 0 Å². The van der Waals surface area contributed by atoms with Crippen LogP contribution in [0.4, 0.5) is 11.7 Å². The molecule has 140 valence electrons. The van der Waals surface area contributed by atoms with Gasteiger partial charge in [-0.2, -0.15) is 4.98 Å². The van der Waals surface area contributed by atoms with E-state index in [4.69, 9.17) is 9.15 Å². The van der Waals surface area contributed by atoms with Gasteiger partial charge in [0.05, 0.1) is 0 Å². The second-order valence-corrected chi connectivity index (χ2v) is 5.98. The Morgan fingerprint density at radius 1 is 1.32 bits per heavy atom. The van der Waals surface area contributed by atoms with Crippen LogP contribution < -0.4 is 15.5 Å². The van der Waals surface area contributed by atoms with Gasteiger partial charge in [-0.1, -0.05) is 0 Å². The molecule has 0 radical (unpaired) electrons. The molecular weight excluding hydrogens is 367 g/mol. The van der Waals surface area contributed by atoms with Crippen LogP contribution in [-0.2, 0) is 9.53 Å². The molecule has 9 heteroatoms. The SMILES string of the molecule is COC1(C(=O)Nc2ccc3oc(N(C)C)nc3c2)CCNCC1.Cl.Cl. The Kier molecular flexibility index (Phi) is 7.49. The number of rotatable bonds is 4. The second-order valence-electron chi connectivity index (χ2n) is 5.98. The van der Waals surface area contributed by atoms with E-state index in [0.717, 1.165) is 13.1 Å². The number of halogens is 2.